The van der Waals surface area contributed by atoms with Crippen molar-refractivity contribution in [2.75, 3.05) is 6.61 Å². The second kappa shape index (κ2) is 8.41. The van der Waals surface area contributed by atoms with E-state index < -0.39 is 0 Å². The summed E-state index contributed by atoms with van der Waals surface area (Å²) in [5.74, 6) is 0. The van der Waals surface area contributed by atoms with Gasteiger partial charge in [0.15, 0.2) is 10.1 Å². The monoisotopic (exact) mass is 366 g/mol. The Balaban J connectivity index is 2.31. The van der Waals surface area contributed by atoms with Gasteiger partial charge in [0.2, 0.25) is 0 Å². The molecule has 0 bridgehead atoms. The molecule has 1 atom stereocenters. The summed E-state index contributed by atoms with van der Waals surface area (Å²) in [6, 6.07) is 0. The first-order chi connectivity index (χ1) is 8.53. The molecule has 2 nitrogen and oxygen atoms in total. The van der Waals surface area contributed by atoms with Gasteiger partial charge in [-0.25, -0.2) is 0 Å². The molecule has 1 fully saturated rings. The Hall–Kier alpha value is 0.230. The van der Waals surface area contributed by atoms with Gasteiger partial charge in [-0.05, 0) is 59.8 Å². The van der Waals surface area contributed by atoms with Crippen LogP contribution >= 0.6 is 22.6 Å². The second-order valence-electron chi connectivity index (χ2n) is 5.89. The molecule has 0 aliphatic carbocycles. The molecule has 1 heterocycles. The topological polar surface area (TPSA) is 18.5 Å². The molecular weight excluding hydrogens is 339 g/mol. The first-order valence-electron chi connectivity index (χ1n) is 7.17. The minimum Gasteiger partial charge on any atom is -0.459 e. The van der Waals surface area contributed by atoms with Gasteiger partial charge < -0.3 is 9.47 Å². The van der Waals surface area contributed by atoms with E-state index in [0.29, 0.717) is 5.41 Å². The van der Waals surface area contributed by atoms with Gasteiger partial charge in [0.1, 0.15) is 0 Å². The van der Waals surface area contributed by atoms with E-state index >= 15 is 0 Å². The maximum atomic E-state index is 5.82. The summed E-state index contributed by atoms with van der Waals surface area (Å²) in [6.07, 6.45) is 10.6. The number of halogens is 1. The maximum absolute atomic E-state index is 5.82. The lowest BCUT2D eigenvalue weighted by molar-refractivity contribution is -0.131. The van der Waals surface area contributed by atoms with Gasteiger partial charge in [0.05, 0.1) is 6.61 Å². The van der Waals surface area contributed by atoms with Gasteiger partial charge in [-0.3, -0.25) is 0 Å². The van der Waals surface area contributed by atoms with Crippen LogP contribution in [0.4, 0.5) is 0 Å². The lowest BCUT2D eigenvalue weighted by Crippen LogP contribution is -2.21. The Bertz CT molecular complexity index is 255. The molecular formula is C15H27IO2. The number of rotatable bonds is 7. The average Bonchev–Trinajstić information content (AvgIpc) is 2.36. The van der Waals surface area contributed by atoms with Crippen LogP contribution in [0.15, 0.2) is 9.84 Å². The lowest BCUT2D eigenvalue weighted by Gasteiger charge is -2.25. The second-order valence-corrected chi connectivity index (χ2v) is 6.96. The summed E-state index contributed by atoms with van der Waals surface area (Å²) >= 11 is 2.28. The average molecular weight is 366 g/mol. The van der Waals surface area contributed by atoms with E-state index in [1.807, 2.05) is 0 Å². The van der Waals surface area contributed by atoms with Crippen LogP contribution in [0.2, 0.25) is 0 Å². The van der Waals surface area contributed by atoms with Crippen molar-refractivity contribution in [3.8, 4) is 0 Å². The smallest absolute Gasteiger partial charge is 0.200 e. The molecule has 0 aromatic heterocycles. The minimum absolute atomic E-state index is 0.0133. The van der Waals surface area contributed by atoms with Crippen molar-refractivity contribution in [2.24, 2.45) is 5.41 Å². The molecule has 0 N–H and O–H groups in total. The van der Waals surface area contributed by atoms with E-state index in [1.165, 1.54) is 32.1 Å². The molecule has 1 rings (SSSR count). The zero-order chi connectivity index (χ0) is 13.4. The Labute approximate surface area is 126 Å². The van der Waals surface area contributed by atoms with Crippen molar-refractivity contribution >= 4 is 22.6 Å². The fourth-order valence-electron chi connectivity index (χ4n) is 2.09. The molecule has 0 radical (unpaired) electrons. The number of ether oxygens (including phenoxy) is 2. The number of hydrogen-bond donors (Lipinski definition) is 0. The lowest BCUT2D eigenvalue weighted by atomic mass is 9.84. The Morgan fingerprint density at radius 2 is 2.22 bits per heavy atom. The highest BCUT2D eigenvalue weighted by Gasteiger charge is 2.18. The molecule has 1 saturated heterocycles. The van der Waals surface area contributed by atoms with Gasteiger partial charge in [-0.2, -0.15) is 0 Å². The Kier molecular flexibility index (Phi) is 7.61. The third kappa shape index (κ3) is 6.98. The van der Waals surface area contributed by atoms with Crippen LogP contribution in [0.1, 0.15) is 65.7 Å². The molecule has 0 spiro atoms. The van der Waals surface area contributed by atoms with Crippen molar-refractivity contribution < 1.29 is 9.47 Å². The molecule has 106 valence electrons. The number of hydrogen-bond acceptors (Lipinski definition) is 2. The zero-order valence-corrected chi connectivity index (χ0v) is 14.2. The molecule has 1 aliphatic rings. The Morgan fingerprint density at radius 3 is 2.83 bits per heavy atom. The summed E-state index contributed by atoms with van der Waals surface area (Å²) in [7, 11) is 0. The van der Waals surface area contributed by atoms with Crippen LogP contribution in [-0.2, 0) is 9.47 Å². The van der Waals surface area contributed by atoms with Crippen LogP contribution in [0.3, 0.4) is 0 Å². The van der Waals surface area contributed by atoms with Crippen molar-refractivity contribution in [2.45, 2.75) is 72.0 Å². The summed E-state index contributed by atoms with van der Waals surface area (Å²) in [4.78, 5) is 0. The van der Waals surface area contributed by atoms with Crippen molar-refractivity contribution in [3.63, 3.8) is 0 Å². The van der Waals surface area contributed by atoms with Gasteiger partial charge in [0.25, 0.3) is 0 Å². The van der Waals surface area contributed by atoms with Crippen molar-refractivity contribution in [1.29, 1.82) is 0 Å². The van der Waals surface area contributed by atoms with E-state index in [9.17, 15) is 0 Å². The third-order valence-electron chi connectivity index (χ3n) is 3.40. The van der Waals surface area contributed by atoms with Crippen molar-refractivity contribution in [1.82, 2.24) is 0 Å². The predicted octanol–water partition coefficient (Wildman–Crippen LogP) is 5.41. The quantitative estimate of drug-likeness (QED) is 0.443. The largest absolute Gasteiger partial charge is 0.459 e. The predicted molar refractivity (Wildman–Crippen MR) is 84.7 cm³/mol. The highest BCUT2D eigenvalue weighted by molar-refractivity contribution is 14.1. The summed E-state index contributed by atoms with van der Waals surface area (Å²) in [6.45, 7) is 7.76. The van der Waals surface area contributed by atoms with E-state index in [-0.39, 0.29) is 6.29 Å². The molecule has 18 heavy (non-hydrogen) atoms. The fourth-order valence-corrected chi connectivity index (χ4v) is 2.60. The molecule has 0 aromatic rings. The molecule has 0 saturated carbocycles. The van der Waals surface area contributed by atoms with E-state index in [1.54, 1.807) is 0 Å². The highest BCUT2D eigenvalue weighted by atomic mass is 127. The zero-order valence-electron chi connectivity index (χ0n) is 12.0. The van der Waals surface area contributed by atoms with Crippen LogP contribution < -0.4 is 0 Å². The molecule has 1 unspecified atom stereocenters. The molecule has 3 heteroatoms. The first-order valence-corrected chi connectivity index (χ1v) is 8.25. The normalized spacial score (nSPS) is 22.0. The van der Waals surface area contributed by atoms with Crippen LogP contribution in [-0.4, -0.2) is 12.9 Å². The van der Waals surface area contributed by atoms with Crippen LogP contribution in [0.5, 0.6) is 0 Å². The summed E-state index contributed by atoms with van der Waals surface area (Å²) < 4.78 is 12.4. The van der Waals surface area contributed by atoms with E-state index in [4.69, 9.17) is 9.47 Å². The van der Waals surface area contributed by atoms with Gasteiger partial charge in [-0.1, -0.05) is 33.6 Å². The van der Waals surface area contributed by atoms with Crippen LogP contribution in [0, 0.1) is 5.41 Å². The van der Waals surface area contributed by atoms with Crippen molar-refractivity contribution in [3.05, 3.63) is 9.84 Å². The SMILES string of the molecule is CCCCC(C)(C)C/C=C(/I)OC1CCCCO1. The van der Waals surface area contributed by atoms with Gasteiger partial charge in [0, 0.05) is 6.42 Å². The molecule has 0 amide bonds. The first kappa shape index (κ1) is 16.3. The Morgan fingerprint density at radius 1 is 1.44 bits per heavy atom. The highest BCUT2D eigenvalue weighted by Crippen LogP contribution is 2.30. The standard InChI is InChI=1S/C15H27IO2/c1-4-5-10-15(2,3)11-9-13(16)18-14-8-6-7-12-17-14/h9,14H,4-8,10-12H2,1-3H3/b13-9-. The van der Waals surface area contributed by atoms with E-state index in [2.05, 4.69) is 49.4 Å². The molecule has 0 aromatic carbocycles. The molecule has 1 aliphatic heterocycles. The maximum Gasteiger partial charge on any atom is 0.200 e. The van der Waals surface area contributed by atoms with Crippen LogP contribution in [0.25, 0.3) is 0 Å². The number of unbranched alkanes of at least 4 members (excludes halogenated alkanes) is 1. The van der Waals surface area contributed by atoms with Gasteiger partial charge in [-0.15, -0.1) is 0 Å². The summed E-state index contributed by atoms with van der Waals surface area (Å²) in [5, 5.41) is 0. The fraction of sp³-hybridized carbons (Fsp3) is 0.867. The minimum atomic E-state index is -0.0133. The summed E-state index contributed by atoms with van der Waals surface area (Å²) in [5.41, 5.74) is 0.378. The number of allylic oxidation sites excluding steroid dienone is 1. The van der Waals surface area contributed by atoms with E-state index in [0.717, 1.165) is 23.2 Å². The van der Waals surface area contributed by atoms with Gasteiger partial charge >= 0.3 is 0 Å². The third-order valence-corrected chi connectivity index (χ3v) is 4.10.